The monoisotopic (exact) mass is 247 g/mol. The van der Waals surface area contributed by atoms with Gasteiger partial charge in [-0.3, -0.25) is 4.90 Å². The normalized spacial score (nSPS) is 24.1. The van der Waals surface area contributed by atoms with Crippen LogP contribution < -0.4 is 0 Å². The second-order valence-corrected chi connectivity index (χ2v) is 5.37. The number of allylic oxidation sites excluding steroid dienone is 4. The highest BCUT2D eigenvalue weighted by Gasteiger charge is 2.35. The Morgan fingerprint density at radius 1 is 1.28 bits per heavy atom. The SMILES string of the molecule is C=C/C=C(C)\C(=C/C)OC1CN(C2CCCC2)C1. The van der Waals surface area contributed by atoms with E-state index in [9.17, 15) is 0 Å². The Kier molecular flexibility index (Phi) is 4.65. The summed E-state index contributed by atoms with van der Waals surface area (Å²) in [7, 11) is 0. The molecule has 2 aliphatic rings. The van der Waals surface area contributed by atoms with Gasteiger partial charge in [0.15, 0.2) is 0 Å². The molecule has 0 aromatic carbocycles. The molecule has 1 aliphatic heterocycles. The minimum absolute atomic E-state index is 0.380. The fraction of sp³-hybridized carbons (Fsp3) is 0.625. The fourth-order valence-electron chi connectivity index (χ4n) is 2.94. The van der Waals surface area contributed by atoms with Crippen molar-refractivity contribution in [3.63, 3.8) is 0 Å². The van der Waals surface area contributed by atoms with Gasteiger partial charge in [-0.1, -0.05) is 31.6 Å². The van der Waals surface area contributed by atoms with E-state index in [1.807, 2.05) is 25.2 Å². The number of rotatable bonds is 5. The van der Waals surface area contributed by atoms with Gasteiger partial charge in [-0.25, -0.2) is 0 Å². The first-order chi connectivity index (χ1) is 8.74. The molecule has 0 unspecified atom stereocenters. The maximum Gasteiger partial charge on any atom is 0.124 e. The minimum Gasteiger partial charge on any atom is -0.488 e. The van der Waals surface area contributed by atoms with Crippen molar-refractivity contribution < 1.29 is 4.74 Å². The van der Waals surface area contributed by atoms with E-state index in [0.29, 0.717) is 6.10 Å². The lowest BCUT2D eigenvalue weighted by atomic mass is 10.1. The maximum atomic E-state index is 6.04. The Morgan fingerprint density at radius 3 is 2.50 bits per heavy atom. The molecule has 1 saturated heterocycles. The molecule has 1 saturated carbocycles. The highest BCUT2D eigenvalue weighted by molar-refractivity contribution is 5.26. The zero-order valence-corrected chi connectivity index (χ0v) is 11.7. The van der Waals surface area contributed by atoms with Gasteiger partial charge in [0.2, 0.25) is 0 Å². The molecule has 0 radical (unpaired) electrons. The van der Waals surface area contributed by atoms with Crippen molar-refractivity contribution in [2.45, 2.75) is 51.7 Å². The summed E-state index contributed by atoms with van der Waals surface area (Å²) in [6.45, 7) is 10.0. The predicted molar refractivity (Wildman–Crippen MR) is 76.4 cm³/mol. The molecule has 1 aliphatic carbocycles. The zero-order valence-electron chi connectivity index (χ0n) is 11.7. The lowest BCUT2D eigenvalue weighted by Crippen LogP contribution is -2.55. The first kappa shape index (κ1) is 13.4. The Bertz CT molecular complexity index is 344. The van der Waals surface area contributed by atoms with Crippen molar-refractivity contribution in [3.05, 3.63) is 36.1 Å². The van der Waals surface area contributed by atoms with Crippen LogP contribution in [0, 0.1) is 0 Å². The van der Waals surface area contributed by atoms with Gasteiger partial charge in [-0.15, -0.1) is 0 Å². The first-order valence-corrected chi connectivity index (χ1v) is 7.11. The molecular weight excluding hydrogens is 222 g/mol. The van der Waals surface area contributed by atoms with Gasteiger partial charge in [-0.05, 0) is 38.3 Å². The van der Waals surface area contributed by atoms with E-state index in [-0.39, 0.29) is 0 Å². The molecule has 0 aromatic heterocycles. The van der Waals surface area contributed by atoms with Crippen LogP contribution in [-0.4, -0.2) is 30.1 Å². The van der Waals surface area contributed by atoms with Gasteiger partial charge in [0.1, 0.15) is 11.9 Å². The molecule has 2 heteroatoms. The third-order valence-corrected chi connectivity index (χ3v) is 4.03. The standard InChI is InChI=1S/C16H25NO/c1-4-8-13(3)16(5-2)18-15-11-17(12-15)14-9-6-7-10-14/h4-5,8,14-15H,1,6-7,9-12H2,2-3H3/b13-8-,16-5+. The lowest BCUT2D eigenvalue weighted by molar-refractivity contribution is -0.0402. The van der Waals surface area contributed by atoms with Crippen LogP contribution in [0.4, 0.5) is 0 Å². The summed E-state index contributed by atoms with van der Waals surface area (Å²) in [5, 5.41) is 0. The molecule has 2 rings (SSSR count). The van der Waals surface area contributed by atoms with Crippen LogP contribution in [-0.2, 0) is 4.74 Å². The molecule has 0 N–H and O–H groups in total. The average molecular weight is 247 g/mol. The Labute approximate surface area is 111 Å². The van der Waals surface area contributed by atoms with Crippen molar-refractivity contribution >= 4 is 0 Å². The summed E-state index contributed by atoms with van der Waals surface area (Å²) in [6, 6.07) is 0.837. The van der Waals surface area contributed by atoms with Crippen LogP contribution in [0.1, 0.15) is 39.5 Å². The summed E-state index contributed by atoms with van der Waals surface area (Å²) in [4.78, 5) is 2.58. The second-order valence-electron chi connectivity index (χ2n) is 5.37. The van der Waals surface area contributed by atoms with Crippen molar-refractivity contribution in [1.29, 1.82) is 0 Å². The number of nitrogens with zero attached hydrogens (tertiary/aromatic N) is 1. The summed E-state index contributed by atoms with van der Waals surface area (Å²) in [5.74, 6) is 1.01. The molecule has 0 atom stereocenters. The van der Waals surface area contributed by atoms with Gasteiger partial charge in [0.25, 0.3) is 0 Å². The first-order valence-electron chi connectivity index (χ1n) is 7.11. The fourth-order valence-corrected chi connectivity index (χ4v) is 2.94. The molecule has 2 fully saturated rings. The minimum atomic E-state index is 0.380. The highest BCUT2D eigenvalue weighted by atomic mass is 16.5. The van der Waals surface area contributed by atoms with Crippen LogP contribution in [0.25, 0.3) is 0 Å². The van der Waals surface area contributed by atoms with Crippen LogP contribution >= 0.6 is 0 Å². The summed E-state index contributed by atoms with van der Waals surface area (Å²) < 4.78 is 6.04. The molecular formula is C16H25NO. The Morgan fingerprint density at radius 2 is 1.94 bits per heavy atom. The van der Waals surface area contributed by atoms with Crippen molar-refractivity contribution in [2.75, 3.05) is 13.1 Å². The van der Waals surface area contributed by atoms with Crippen LogP contribution in [0.15, 0.2) is 36.1 Å². The number of hydrogen-bond acceptors (Lipinski definition) is 2. The van der Waals surface area contributed by atoms with Crippen LogP contribution in [0.2, 0.25) is 0 Å². The number of likely N-dealkylation sites (tertiary alicyclic amines) is 1. The van der Waals surface area contributed by atoms with E-state index < -0.39 is 0 Å². The Hall–Kier alpha value is -1.02. The largest absolute Gasteiger partial charge is 0.488 e. The van der Waals surface area contributed by atoms with Gasteiger partial charge in [0.05, 0.1) is 0 Å². The van der Waals surface area contributed by atoms with E-state index in [1.165, 1.54) is 25.7 Å². The van der Waals surface area contributed by atoms with Gasteiger partial charge < -0.3 is 4.74 Å². The summed E-state index contributed by atoms with van der Waals surface area (Å²) >= 11 is 0. The van der Waals surface area contributed by atoms with E-state index in [0.717, 1.165) is 30.5 Å². The smallest absolute Gasteiger partial charge is 0.124 e. The molecule has 0 spiro atoms. The summed E-state index contributed by atoms with van der Waals surface area (Å²) in [6.07, 6.45) is 11.8. The number of hydrogen-bond donors (Lipinski definition) is 0. The molecule has 2 nitrogen and oxygen atoms in total. The third kappa shape index (κ3) is 3.05. The van der Waals surface area contributed by atoms with Crippen molar-refractivity contribution in [1.82, 2.24) is 4.90 Å². The third-order valence-electron chi connectivity index (χ3n) is 4.03. The molecule has 0 bridgehead atoms. The highest BCUT2D eigenvalue weighted by Crippen LogP contribution is 2.29. The quantitative estimate of drug-likeness (QED) is 0.543. The average Bonchev–Trinajstić information content (AvgIpc) is 2.81. The van der Waals surface area contributed by atoms with Crippen LogP contribution in [0.5, 0.6) is 0 Å². The molecule has 0 aromatic rings. The van der Waals surface area contributed by atoms with E-state index in [2.05, 4.69) is 18.4 Å². The van der Waals surface area contributed by atoms with Gasteiger partial charge in [0, 0.05) is 19.1 Å². The lowest BCUT2D eigenvalue weighted by Gasteiger charge is -2.43. The van der Waals surface area contributed by atoms with Gasteiger partial charge in [-0.2, -0.15) is 0 Å². The number of ether oxygens (including phenoxy) is 1. The van der Waals surface area contributed by atoms with E-state index in [4.69, 9.17) is 4.74 Å². The van der Waals surface area contributed by atoms with E-state index in [1.54, 1.807) is 0 Å². The maximum absolute atomic E-state index is 6.04. The van der Waals surface area contributed by atoms with E-state index >= 15 is 0 Å². The molecule has 1 heterocycles. The molecule has 18 heavy (non-hydrogen) atoms. The predicted octanol–water partition coefficient (Wildman–Crippen LogP) is 3.67. The molecule has 100 valence electrons. The second kappa shape index (κ2) is 6.24. The van der Waals surface area contributed by atoms with Crippen LogP contribution in [0.3, 0.4) is 0 Å². The van der Waals surface area contributed by atoms with Crippen molar-refractivity contribution in [2.24, 2.45) is 0 Å². The Balaban J connectivity index is 1.78. The summed E-state index contributed by atoms with van der Waals surface area (Å²) in [5.41, 5.74) is 1.16. The van der Waals surface area contributed by atoms with Gasteiger partial charge >= 0.3 is 0 Å². The topological polar surface area (TPSA) is 12.5 Å². The zero-order chi connectivity index (χ0) is 13.0. The van der Waals surface area contributed by atoms with Crippen molar-refractivity contribution in [3.8, 4) is 0 Å². The molecule has 0 amide bonds.